The van der Waals surface area contributed by atoms with Gasteiger partial charge in [0.15, 0.2) is 0 Å². The summed E-state index contributed by atoms with van der Waals surface area (Å²) in [6.45, 7) is 0. The molecule has 0 aliphatic heterocycles. The predicted octanol–water partition coefficient (Wildman–Crippen LogP) is -4.39. The number of hydrogen-bond acceptors (Lipinski definition) is 5. The normalized spacial score (nSPS) is 10.1. The molecule has 7 heavy (non-hydrogen) atoms. The fourth-order valence-corrected chi connectivity index (χ4v) is 0. The Balaban J connectivity index is 0. The second-order valence-corrected chi connectivity index (χ2v) is 1.60. The summed E-state index contributed by atoms with van der Waals surface area (Å²) in [5.74, 6) is 0. The van der Waals surface area contributed by atoms with E-state index < -0.39 is 10.2 Å². The van der Waals surface area contributed by atoms with Gasteiger partial charge in [0.05, 0.1) is 10.2 Å². The number of hydrogen-bond donors (Lipinski definition) is 1. The minimum absolute atomic E-state index is 0. The maximum absolute atomic E-state index is 9.19. The van der Waals surface area contributed by atoms with Crippen molar-refractivity contribution in [2.75, 3.05) is 0 Å². The standard InChI is InChI=1S/BClH2O4.H3N/c1-6-2(3,4)5;/h1H2;1H3. The molecular formula is H5BClNO4. The molecule has 0 saturated carbocycles. The van der Waals surface area contributed by atoms with Crippen molar-refractivity contribution in [1.29, 1.82) is 0 Å². The van der Waals surface area contributed by atoms with Gasteiger partial charge in [-0.1, -0.05) is 0 Å². The molecule has 3 N–H and O–H groups in total. The zero-order chi connectivity index (χ0) is 5.21. The van der Waals surface area contributed by atoms with Crippen LogP contribution in [0.5, 0.6) is 0 Å². The molecule has 0 saturated heterocycles. The third kappa shape index (κ3) is 10.7. The maximum atomic E-state index is 9.19. The molecule has 0 aliphatic rings. The van der Waals surface area contributed by atoms with Gasteiger partial charge in [0.25, 0.3) is 0 Å². The van der Waals surface area contributed by atoms with E-state index >= 15 is 0 Å². The summed E-state index contributed by atoms with van der Waals surface area (Å²) < 4.78 is 30.9. The molecule has 7 heteroatoms. The number of rotatable bonds is 1. The van der Waals surface area contributed by atoms with E-state index in [1.165, 1.54) is 0 Å². The highest BCUT2D eigenvalue weighted by molar-refractivity contribution is 5.97. The average Bonchev–Trinajstić information content (AvgIpc) is 1.35. The molecule has 0 radical (unpaired) electrons. The summed E-state index contributed by atoms with van der Waals surface area (Å²) in [6, 6.07) is 0. The number of halogens is 1. The average molecular weight is 129 g/mol. The van der Waals surface area contributed by atoms with Gasteiger partial charge in [-0.15, -0.1) is 0 Å². The highest BCUT2D eigenvalue weighted by Gasteiger charge is 2.07. The second-order valence-electron chi connectivity index (χ2n) is 0.532. The molecule has 0 aromatic heterocycles. The fraction of sp³-hybridized carbons (Fsp3) is 0. The lowest BCUT2D eigenvalue weighted by Crippen LogP contribution is -2.60. The van der Waals surface area contributed by atoms with Gasteiger partial charge in [-0.25, -0.2) is 0 Å². The van der Waals surface area contributed by atoms with Crippen molar-refractivity contribution in [1.82, 2.24) is 6.15 Å². The minimum Gasteiger partial charge on any atom is -0.344 e. The van der Waals surface area contributed by atoms with Crippen LogP contribution in [0.15, 0.2) is 0 Å². The lowest BCUT2D eigenvalue weighted by Gasteiger charge is -2.10. The molecule has 44 valence electrons. The summed E-state index contributed by atoms with van der Waals surface area (Å²) in [7, 11) is -3.38. The van der Waals surface area contributed by atoms with E-state index in [1.54, 1.807) is 0 Å². The van der Waals surface area contributed by atoms with Gasteiger partial charge < -0.3 is 6.15 Å². The summed E-state index contributed by atoms with van der Waals surface area (Å²) in [5, 5.41) is 0. The van der Waals surface area contributed by atoms with Crippen molar-refractivity contribution in [3.63, 3.8) is 0 Å². The van der Waals surface area contributed by atoms with E-state index in [1.807, 2.05) is 0 Å². The van der Waals surface area contributed by atoms with Crippen LogP contribution in [0.25, 0.3) is 0 Å². The molecule has 0 spiro atoms. The van der Waals surface area contributed by atoms with Gasteiger partial charge in [-0.2, -0.15) is 14.0 Å². The van der Waals surface area contributed by atoms with Gasteiger partial charge in [-0.05, 0) is 4.21 Å². The molecule has 0 heterocycles. The van der Waals surface area contributed by atoms with Crippen LogP contribution in [0.3, 0.4) is 0 Å². The Morgan fingerprint density at radius 2 is 1.43 bits per heavy atom. The van der Waals surface area contributed by atoms with E-state index in [-0.39, 0.29) is 6.15 Å². The van der Waals surface area contributed by atoms with Crippen molar-refractivity contribution in [3.05, 3.63) is 0 Å². The van der Waals surface area contributed by atoms with Gasteiger partial charge in [-0.3, -0.25) is 0 Å². The van der Waals surface area contributed by atoms with Gasteiger partial charge >= 0.3 is 8.05 Å². The largest absolute Gasteiger partial charge is 0.478 e. The van der Waals surface area contributed by atoms with Crippen LogP contribution in [-0.2, 0) is 4.21 Å². The lowest BCUT2D eigenvalue weighted by atomic mass is 10.6. The summed E-state index contributed by atoms with van der Waals surface area (Å²) in [6.07, 6.45) is 0. The molecule has 0 fully saturated rings. The molecule has 0 amide bonds. The van der Waals surface area contributed by atoms with Crippen LogP contribution in [-0.4, -0.2) is 8.05 Å². The summed E-state index contributed by atoms with van der Waals surface area (Å²) in [5.41, 5.74) is 0. The van der Waals surface area contributed by atoms with E-state index in [2.05, 4.69) is 4.21 Å². The van der Waals surface area contributed by atoms with Crippen LogP contribution in [0.1, 0.15) is 0 Å². The summed E-state index contributed by atoms with van der Waals surface area (Å²) in [4.78, 5) is 0. The Bertz CT molecular complexity index is 41.4. The van der Waals surface area contributed by atoms with E-state index in [0.29, 0.717) is 0 Å². The van der Waals surface area contributed by atoms with Gasteiger partial charge in [0.2, 0.25) is 0 Å². The molecule has 0 aromatic carbocycles. The zero-order valence-electron chi connectivity index (χ0n) is 3.72. The lowest BCUT2D eigenvalue weighted by molar-refractivity contribution is -1.91. The first-order valence-electron chi connectivity index (χ1n) is 1.03. The Hall–Kier alpha value is 0.155. The van der Waals surface area contributed by atoms with Crippen molar-refractivity contribution in [2.24, 2.45) is 0 Å². The smallest absolute Gasteiger partial charge is 0.344 e. The monoisotopic (exact) mass is 129 g/mol. The summed E-state index contributed by atoms with van der Waals surface area (Å²) >= 11 is 0. The van der Waals surface area contributed by atoms with E-state index in [4.69, 9.17) is 0 Å². The molecule has 0 aliphatic carbocycles. The molecule has 5 nitrogen and oxygen atoms in total. The SMILES string of the molecule is BO[Cl+3]([O-])([O-])[O-].N. The van der Waals surface area contributed by atoms with Gasteiger partial charge in [0, 0.05) is 0 Å². The first-order valence-corrected chi connectivity index (χ1v) is 2.26. The maximum Gasteiger partial charge on any atom is 0.478 e. The topological polar surface area (TPSA) is 113 Å². The van der Waals surface area contributed by atoms with Crippen LogP contribution in [0.2, 0.25) is 0 Å². The molecule has 0 atom stereocenters. The molecule has 0 unspecified atom stereocenters. The van der Waals surface area contributed by atoms with Crippen molar-refractivity contribution >= 4 is 8.05 Å². The highest BCUT2D eigenvalue weighted by Crippen LogP contribution is 1.76. The third-order valence-corrected chi connectivity index (χ3v) is 0.567. The Kier molecular flexibility index (Phi) is 4.66. The van der Waals surface area contributed by atoms with E-state index in [9.17, 15) is 14.0 Å². The Labute approximate surface area is 43.7 Å². The minimum atomic E-state index is -4.18. The first-order chi connectivity index (χ1) is 2.56. The highest BCUT2D eigenvalue weighted by atomic mass is 35.7. The van der Waals surface area contributed by atoms with Gasteiger partial charge in [0.1, 0.15) is 0 Å². The zero-order valence-corrected chi connectivity index (χ0v) is 4.47. The van der Waals surface area contributed by atoms with Crippen molar-refractivity contribution in [2.45, 2.75) is 0 Å². The van der Waals surface area contributed by atoms with Crippen molar-refractivity contribution in [3.8, 4) is 0 Å². The van der Waals surface area contributed by atoms with Crippen LogP contribution < -0.4 is 20.1 Å². The second kappa shape index (κ2) is 3.19. The Morgan fingerprint density at radius 1 is 1.29 bits per heavy atom. The molecular weight excluding hydrogens is 124 g/mol. The van der Waals surface area contributed by atoms with Crippen molar-refractivity contribution < 1.29 is 28.4 Å². The van der Waals surface area contributed by atoms with Crippen LogP contribution in [0.4, 0.5) is 0 Å². The molecule has 0 rings (SSSR count). The fourth-order valence-electron chi connectivity index (χ4n) is 0. The van der Waals surface area contributed by atoms with E-state index in [0.717, 1.165) is 8.05 Å². The van der Waals surface area contributed by atoms with Crippen LogP contribution in [0, 0.1) is 10.2 Å². The molecule has 0 bridgehead atoms. The Morgan fingerprint density at radius 3 is 1.43 bits per heavy atom. The quantitative estimate of drug-likeness (QED) is 0.359. The third-order valence-electron chi connectivity index (χ3n) is 0.189. The first kappa shape index (κ1) is 10.2. The predicted molar refractivity (Wildman–Crippen MR) is 14.7 cm³/mol. The molecule has 0 aromatic rings. The van der Waals surface area contributed by atoms with Crippen LogP contribution >= 0.6 is 0 Å².